The lowest BCUT2D eigenvalue weighted by atomic mass is 9.42. The van der Waals surface area contributed by atoms with Crippen molar-refractivity contribution in [2.24, 2.45) is 22.7 Å². The molecule has 5 rings (SSSR count). The number of benzene rings is 1. The van der Waals surface area contributed by atoms with E-state index in [1.807, 2.05) is 33.8 Å². The van der Waals surface area contributed by atoms with E-state index in [4.69, 9.17) is 9.47 Å². The van der Waals surface area contributed by atoms with Crippen molar-refractivity contribution in [3.05, 3.63) is 64.8 Å². The molecule has 0 spiro atoms. The van der Waals surface area contributed by atoms with Crippen LogP contribution in [0.4, 0.5) is 8.78 Å². The molecular formula is C37H46F2O8. The Bertz CT molecular complexity index is 1540. The van der Waals surface area contributed by atoms with Gasteiger partial charge in [-0.25, -0.2) is 18.4 Å². The Morgan fingerprint density at radius 2 is 1.62 bits per heavy atom. The Labute approximate surface area is 274 Å². The fraction of sp³-hybridized carbons (Fsp3) is 0.595. The molecule has 10 heteroatoms. The molecule has 1 aromatic rings. The number of carbonyl (C=O) groups excluding carboxylic acids is 3. The molecule has 0 radical (unpaired) electrons. The Morgan fingerprint density at radius 3 is 2.23 bits per heavy atom. The maximum absolute atomic E-state index is 13.5. The van der Waals surface area contributed by atoms with E-state index in [1.54, 1.807) is 6.92 Å². The second-order valence-electron chi connectivity index (χ2n) is 14.8. The molecule has 0 aromatic heterocycles. The summed E-state index contributed by atoms with van der Waals surface area (Å²) in [4.78, 5) is 38.9. The normalized spacial score (nSPS) is 38.3. The first-order valence-electron chi connectivity index (χ1n) is 16.4. The number of ketones is 1. The van der Waals surface area contributed by atoms with E-state index in [-0.39, 0.29) is 37.2 Å². The second kappa shape index (κ2) is 12.0. The number of halogens is 2. The van der Waals surface area contributed by atoms with Crippen molar-refractivity contribution in [1.82, 2.24) is 0 Å². The lowest BCUT2D eigenvalue weighted by molar-refractivity contribution is -0.314. The van der Waals surface area contributed by atoms with E-state index >= 15 is 0 Å². The van der Waals surface area contributed by atoms with Crippen LogP contribution in [0.1, 0.15) is 92.1 Å². The van der Waals surface area contributed by atoms with Crippen molar-refractivity contribution in [3.8, 4) is 0 Å². The molecule has 0 unspecified atom stereocenters. The summed E-state index contributed by atoms with van der Waals surface area (Å²) in [5.41, 5.74) is -6.24. The van der Waals surface area contributed by atoms with Crippen LogP contribution in [0.25, 0.3) is 6.08 Å². The Balaban J connectivity index is 1.44. The molecular weight excluding hydrogens is 610 g/mol. The van der Waals surface area contributed by atoms with Gasteiger partial charge < -0.3 is 24.8 Å². The Kier molecular flexibility index (Phi) is 8.99. The summed E-state index contributed by atoms with van der Waals surface area (Å²) in [6.45, 7) is 10.5. The number of Topliss-reactive ketones (excluding diaryl/α,β-unsaturated/α-hetero) is 1. The maximum Gasteiger partial charge on any atom is 0.331 e. The first-order chi connectivity index (χ1) is 21.8. The topological polar surface area (TPSA) is 130 Å². The zero-order valence-electron chi connectivity index (χ0n) is 27.9. The predicted octanol–water partition coefficient (Wildman–Crippen LogP) is 5.53. The molecule has 8 nitrogen and oxygen atoms in total. The van der Waals surface area contributed by atoms with Gasteiger partial charge in [0.25, 0.3) is 0 Å². The van der Waals surface area contributed by atoms with E-state index in [9.17, 15) is 38.5 Å². The van der Waals surface area contributed by atoms with Gasteiger partial charge >= 0.3 is 11.9 Å². The molecule has 0 bridgehead atoms. The van der Waals surface area contributed by atoms with Gasteiger partial charge in [-0.3, -0.25) is 4.79 Å². The molecule has 1 aromatic carbocycles. The van der Waals surface area contributed by atoms with Gasteiger partial charge in [-0.15, -0.1) is 0 Å². The van der Waals surface area contributed by atoms with E-state index in [2.05, 4.69) is 0 Å². The smallest absolute Gasteiger partial charge is 0.331 e. The molecule has 3 fully saturated rings. The average Bonchev–Trinajstić information content (AvgIpc) is 3.21. The lowest BCUT2D eigenvalue weighted by Gasteiger charge is -2.67. The molecule has 4 aliphatic carbocycles. The standard InChI is InChI=1S/C37H46F2O8/c1-21(2)22(3)15-32(42)47-30-20-29-33(5)11-10-28(46-31(41)8-7-24-16-26(38)19-27(39)17-24)18-25(33)9-12-36(29,44)37(45)14-13-35(43,23(4)40)34(30,37)6/h7-9,15-17,19,21,28-30,43-45H,10-14,18,20H2,1-6H3/b8-7+,22-15+/t28-,29+,30+,33-,34+,35+,36-,37+/m0/s1. The number of allylic oxidation sites excluding steroid dienone is 1. The highest BCUT2D eigenvalue weighted by molar-refractivity contribution is 5.88. The largest absolute Gasteiger partial charge is 0.459 e. The molecule has 0 aliphatic heterocycles. The predicted molar refractivity (Wildman–Crippen MR) is 169 cm³/mol. The van der Waals surface area contributed by atoms with E-state index in [1.165, 1.54) is 19.1 Å². The number of aliphatic hydroxyl groups is 3. The fourth-order valence-electron chi connectivity index (χ4n) is 9.02. The van der Waals surface area contributed by atoms with Crippen LogP contribution >= 0.6 is 0 Å². The number of carbonyl (C=O) groups is 3. The summed E-state index contributed by atoms with van der Waals surface area (Å²) in [6.07, 6.45) is 5.30. The number of esters is 2. The SMILES string of the molecule is CC(=O)[C@]1(O)CC[C@@]2(O)[C@]1(C)[C@H](OC(=O)/C=C(\C)C(C)C)C[C@@H]1[C@@]3(C)CC[C@H](OC(=O)/C=C/c4cc(F)cc(F)c4)CC3=CC[C@]12O. The highest BCUT2D eigenvalue weighted by Crippen LogP contribution is 2.71. The quantitative estimate of drug-likeness (QED) is 0.199. The first-order valence-corrected chi connectivity index (χ1v) is 16.4. The Morgan fingerprint density at radius 1 is 0.957 bits per heavy atom. The second-order valence-corrected chi connectivity index (χ2v) is 14.8. The summed E-state index contributed by atoms with van der Waals surface area (Å²) in [5.74, 6) is -3.92. The van der Waals surface area contributed by atoms with Gasteiger partial charge in [0.2, 0.25) is 0 Å². The van der Waals surface area contributed by atoms with Gasteiger partial charge in [0.05, 0.1) is 5.41 Å². The van der Waals surface area contributed by atoms with Crippen LogP contribution in [0.5, 0.6) is 0 Å². The summed E-state index contributed by atoms with van der Waals surface area (Å²) < 4.78 is 38.8. The highest BCUT2D eigenvalue weighted by Gasteiger charge is 2.81. The molecule has 0 heterocycles. The van der Waals surface area contributed by atoms with Crippen LogP contribution in [0.15, 0.2) is 47.6 Å². The van der Waals surface area contributed by atoms with Crippen LogP contribution < -0.4 is 0 Å². The minimum atomic E-state index is -2.04. The number of ether oxygens (including phenoxy) is 2. The summed E-state index contributed by atoms with van der Waals surface area (Å²) in [6, 6.07) is 2.94. The van der Waals surface area contributed by atoms with Gasteiger partial charge in [-0.05, 0) is 94.4 Å². The van der Waals surface area contributed by atoms with Crippen LogP contribution in [0.3, 0.4) is 0 Å². The third-order valence-corrected chi connectivity index (χ3v) is 12.2. The van der Waals surface area contributed by atoms with Crippen molar-refractivity contribution in [2.45, 2.75) is 115 Å². The highest BCUT2D eigenvalue weighted by atomic mass is 19.1. The molecule has 3 N–H and O–H groups in total. The number of rotatable bonds is 7. The monoisotopic (exact) mass is 656 g/mol. The molecule has 3 saturated carbocycles. The minimum absolute atomic E-state index is 0.0292. The Hall–Kier alpha value is -3.21. The lowest BCUT2D eigenvalue weighted by Crippen LogP contribution is -2.78. The van der Waals surface area contributed by atoms with E-state index in [0.29, 0.717) is 19.3 Å². The van der Waals surface area contributed by atoms with Crippen LogP contribution in [0, 0.1) is 34.3 Å². The van der Waals surface area contributed by atoms with Crippen molar-refractivity contribution >= 4 is 23.8 Å². The summed E-state index contributed by atoms with van der Waals surface area (Å²) in [5, 5.41) is 37.1. The van der Waals surface area contributed by atoms with Gasteiger partial charge in [-0.1, -0.05) is 38.0 Å². The molecule has 8 atom stereocenters. The average molecular weight is 657 g/mol. The first kappa shape index (κ1) is 35.1. The van der Waals surface area contributed by atoms with E-state index < -0.39 is 75.1 Å². The third-order valence-electron chi connectivity index (χ3n) is 12.2. The molecule has 0 amide bonds. The number of fused-ring (bicyclic) bond motifs is 5. The molecule has 0 saturated heterocycles. The summed E-state index contributed by atoms with van der Waals surface area (Å²) >= 11 is 0. The van der Waals surface area contributed by atoms with Crippen LogP contribution in [-0.2, 0) is 23.9 Å². The molecule has 47 heavy (non-hydrogen) atoms. The number of hydrogen-bond acceptors (Lipinski definition) is 8. The summed E-state index contributed by atoms with van der Waals surface area (Å²) in [7, 11) is 0. The third kappa shape index (κ3) is 5.50. The fourth-order valence-corrected chi connectivity index (χ4v) is 9.02. The van der Waals surface area contributed by atoms with Gasteiger partial charge in [0.1, 0.15) is 40.6 Å². The van der Waals surface area contributed by atoms with Gasteiger partial charge in [-0.2, -0.15) is 0 Å². The van der Waals surface area contributed by atoms with Gasteiger partial charge in [0, 0.05) is 30.6 Å². The zero-order chi connectivity index (χ0) is 34.7. The maximum atomic E-state index is 13.5. The van der Waals surface area contributed by atoms with Crippen LogP contribution in [-0.4, -0.2) is 62.1 Å². The molecule has 256 valence electrons. The van der Waals surface area contributed by atoms with Gasteiger partial charge in [0.15, 0.2) is 5.78 Å². The van der Waals surface area contributed by atoms with Crippen molar-refractivity contribution in [2.75, 3.05) is 0 Å². The van der Waals surface area contributed by atoms with Crippen molar-refractivity contribution < 1.29 is 48.0 Å². The number of hydrogen-bond donors (Lipinski definition) is 3. The zero-order valence-corrected chi connectivity index (χ0v) is 27.9. The molecule has 4 aliphatic rings. The van der Waals surface area contributed by atoms with Crippen molar-refractivity contribution in [3.63, 3.8) is 0 Å². The van der Waals surface area contributed by atoms with Crippen molar-refractivity contribution in [1.29, 1.82) is 0 Å². The van der Waals surface area contributed by atoms with E-state index in [0.717, 1.165) is 35.4 Å². The van der Waals surface area contributed by atoms with Crippen LogP contribution in [0.2, 0.25) is 0 Å². The minimum Gasteiger partial charge on any atom is -0.459 e.